The second-order valence-electron chi connectivity index (χ2n) is 5.93. The fourth-order valence-corrected chi connectivity index (χ4v) is 5.74. The quantitative estimate of drug-likeness (QED) is 0.857. The van der Waals surface area contributed by atoms with Crippen molar-refractivity contribution in [1.82, 2.24) is 10.2 Å². The van der Waals surface area contributed by atoms with Crippen molar-refractivity contribution in [3.05, 3.63) is 29.8 Å². The molecule has 1 unspecified atom stereocenters. The van der Waals surface area contributed by atoms with E-state index in [1.807, 2.05) is 40.6 Å². The Labute approximate surface area is 158 Å². The third kappa shape index (κ3) is 5.22. The van der Waals surface area contributed by atoms with E-state index in [2.05, 4.69) is 24.4 Å². The third-order valence-electron chi connectivity index (χ3n) is 4.16. The van der Waals surface area contributed by atoms with Crippen LogP contribution in [0.25, 0.3) is 0 Å². The van der Waals surface area contributed by atoms with E-state index in [1.165, 1.54) is 23.5 Å². The van der Waals surface area contributed by atoms with Crippen molar-refractivity contribution in [2.24, 2.45) is 0 Å². The standard InChI is InChI=1S/C17H24N2O2S2.ClH/c1-13-11-18-7-8-19(13)16(20)12-21-15-5-3-14(4-6-15)17-22-9-2-10-23-17;/h3-6,13,17-18H,2,7-12H2,1H3;1H. The molecule has 0 aliphatic carbocycles. The first-order valence-electron chi connectivity index (χ1n) is 8.20. The fraction of sp³-hybridized carbons (Fsp3) is 0.588. The van der Waals surface area contributed by atoms with E-state index >= 15 is 0 Å². The smallest absolute Gasteiger partial charge is 0.260 e. The van der Waals surface area contributed by atoms with Gasteiger partial charge in [0.15, 0.2) is 6.61 Å². The number of halogens is 1. The molecule has 1 N–H and O–H groups in total. The summed E-state index contributed by atoms with van der Waals surface area (Å²) in [4.78, 5) is 14.2. The molecular formula is C17H25ClN2O2S2. The van der Waals surface area contributed by atoms with Crippen LogP contribution in [0.5, 0.6) is 5.75 Å². The summed E-state index contributed by atoms with van der Waals surface area (Å²) in [6.45, 7) is 4.67. The first kappa shape index (κ1) is 19.8. The summed E-state index contributed by atoms with van der Waals surface area (Å²) >= 11 is 4.03. The number of benzene rings is 1. The van der Waals surface area contributed by atoms with Crippen LogP contribution in [0, 0.1) is 0 Å². The number of nitrogens with one attached hydrogen (secondary N) is 1. The highest BCUT2D eigenvalue weighted by atomic mass is 35.5. The normalized spacial score (nSPS) is 21.9. The lowest BCUT2D eigenvalue weighted by Gasteiger charge is -2.33. The summed E-state index contributed by atoms with van der Waals surface area (Å²) < 4.78 is 6.23. The van der Waals surface area contributed by atoms with Crippen LogP contribution in [0.4, 0.5) is 0 Å². The number of thioether (sulfide) groups is 2. The Morgan fingerprint density at radius 3 is 2.67 bits per heavy atom. The number of nitrogens with zero attached hydrogens (tertiary/aromatic N) is 1. The van der Waals surface area contributed by atoms with Gasteiger partial charge >= 0.3 is 0 Å². The molecule has 3 rings (SSSR count). The van der Waals surface area contributed by atoms with Crippen molar-refractivity contribution >= 4 is 41.8 Å². The number of hydrogen-bond acceptors (Lipinski definition) is 5. The van der Waals surface area contributed by atoms with Gasteiger partial charge in [-0.05, 0) is 42.5 Å². The molecule has 0 spiro atoms. The molecule has 2 fully saturated rings. The Kier molecular flexibility index (Phi) is 8.07. The van der Waals surface area contributed by atoms with Crippen LogP contribution in [0.15, 0.2) is 24.3 Å². The van der Waals surface area contributed by atoms with E-state index in [0.717, 1.165) is 25.4 Å². The van der Waals surface area contributed by atoms with Gasteiger partial charge in [0.1, 0.15) is 5.75 Å². The molecule has 0 bridgehead atoms. The van der Waals surface area contributed by atoms with Crippen molar-refractivity contribution in [3.63, 3.8) is 0 Å². The molecule has 1 amide bonds. The Balaban J connectivity index is 0.00000208. The molecular weight excluding hydrogens is 364 g/mol. The molecule has 1 aromatic carbocycles. The highest BCUT2D eigenvalue weighted by Crippen LogP contribution is 2.43. The summed E-state index contributed by atoms with van der Waals surface area (Å²) in [6.07, 6.45) is 1.31. The van der Waals surface area contributed by atoms with Gasteiger partial charge in [0, 0.05) is 25.7 Å². The minimum absolute atomic E-state index is 0. The summed E-state index contributed by atoms with van der Waals surface area (Å²) in [6, 6.07) is 8.47. The second-order valence-corrected chi connectivity index (χ2v) is 8.65. The zero-order chi connectivity index (χ0) is 16.1. The zero-order valence-corrected chi connectivity index (χ0v) is 16.4. The van der Waals surface area contributed by atoms with Crippen molar-refractivity contribution < 1.29 is 9.53 Å². The second kappa shape index (κ2) is 9.80. The molecule has 2 aliphatic rings. The largest absolute Gasteiger partial charge is 0.484 e. The van der Waals surface area contributed by atoms with E-state index in [1.54, 1.807) is 0 Å². The van der Waals surface area contributed by atoms with Crippen LogP contribution in [-0.2, 0) is 4.79 Å². The first-order valence-corrected chi connectivity index (χ1v) is 10.3. The fourth-order valence-electron chi connectivity index (χ4n) is 2.84. The Hall–Kier alpha value is -0.560. The number of ether oxygens (including phenoxy) is 1. The van der Waals surface area contributed by atoms with E-state index < -0.39 is 0 Å². The summed E-state index contributed by atoms with van der Waals surface area (Å²) in [5, 5.41) is 3.29. The molecule has 24 heavy (non-hydrogen) atoms. The lowest BCUT2D eigenvalue weighted by molar-refractivity contribution is -0.136. The average Bonchev–Trinajstić information content (AvgIpc) is 2.61. The van der Waals surface area contributed by atoms with Gasteiger partial charge in [-0.2, -0.15) is 0 Å². The number of carbonyl (C=O) groups is 1. The highest BCUT2D eigenvalue weighted by molar-refractivity contribution is 8.16. The molecule has 0 saturated carbocycles. The molecule has 2 saturated heterocycles. The van der Waals surface area contributed by atoms with Gasteiger partial charge in [-0.25, -0.2) is 0 Å². The maximum atomic E-state index is 12.3. The summed E-state index contributed by atoms with van der Waals surface area (Å²) in [5.41, 5.74) is 1.34. The van der Waals surface area contributed by atoms with Crippen LogP contribution in [0.1, 0.15) is 23.5 Å². The first-order chi connectivity index (χ1) is 11.2. The predicted octanol–water partition coefficient (Wildman–Crippen LogP) is 3.18. The molecule has 1 aromatic rings. The number of amides is 1. The topological polar surface area (TPSA) is 41.6 Å². The number of carbonyl (C=O) groups excluding carboxylic acids is 1. The lowest BCUT2D eigenvalue weighted by atomic mass is 10.2. The molecule has 0 aromatic heterocycles. The number of hydrogen-bond donors (Lipinski definition) is 1. The van der Waals surface area contributed by atoms with Gasteiger partial charge in [0.2, 0.25) is 0 Å². The SMILES string of the molecule is CC1CNCCN1C(=O)COc1ccc(C2SCCCS2)cc1.Cl. The van der Waals surface area contributed by atoms with Gasteiger partial charge in [0.25, 0.3) is 5.91 Å². The van der Waals surface area contributed by atoms with Crippen LogP contribution in [0.2, 0.25) is 0 Å². The summed E-state index contributed by atoms with van der Waals surface area (Å²) in [7, 11) is 0. The van der Waals surface area contributed by atoms with Crippen LogP contribution in [0.3, 0.4) is 0 Å². The monoisotopic (exact) mass is 388 g/mol. The van der Waals surface area contributed by atoms with Crippen LogP contribution in [-0.4, -0.2) is 54.6 Å². The van der Waals surface area contributed by atoms with Gasteiger partial charge in [-0.15, -0.1) is 35.9 Å². The van der Waals surface area contributed by atoms with Gasteiger partial charge < -0.3 is 15.0 Å². The number of piperazine rings is 1. The molecule has 2 aliphatic heterocycles. The minimum Gasteiger partial charge on any atom is -0.484 e. The Morgan fingerprint density at radius 1 is 1.29 bits per heavy atom. The maximum Gasteiger partial charge on any atom is 0.260 e. The van der Waals surface area contributed by atoms with Gasteiger partial charge in [-0.3, -0.25) is 4.79 Å². The van der Waals surface area contributed by atoms with Crippen LogP contribution >= 0.6 is 35.9 Å². The molecule has 4 nitrogen and oxygen atoms in total. The van der Waals surface area contributed by atoms with E-state index in [-0.39, 0.29) is 31.0 Å². The lowest BCUT2D eigenvalue weighted by Crippen LogP contribution is -2.53. The van der Waals surface area contributed by atoms with Crippen molar-refractivity contribution in [3.8, 4) is 5.75 Å². The highest BCUT2D eigenvalue weighted by Gasteiger charge is 2.23. The van der Waals surface area contributed by atoms with Crippen molar-refractivity contribution in [2.75, 3.05) is 37.7 Å². The van der Waals surface area contributed by atoms with E-state index in [9.17, 15) is 4.79 Å². The third-order valence-corrected chi connectivity index (χ3v) is 7.18. The minimum atomic E-state index is 0. The van der Waals surface area contributed by atoms with E-state index in [0.29, 0.717) is 4.58 Å². The van der Waals surface area contributed by atoms with Gasteiger partial charge in [-0.1, -0.05) is 12.1 Å². The van der Waals surface area contributed by atoms with Crippen molar-refractivity contribution in [1.29, 1.82) is 0 Å². The molecule has 0 radical (unpaired) electrons. The molecule has 1 atom stereocenters. The Morgan fingerprint density at radius 2 is 2.00 bits per heavy atom. The maximum absolute atomic E-state index is 12.3. The van der Waals surface area contributed by atoms with Crippen LogP contribution < -0.4 is 10.1 Å². The number of rotatable bonds is 4. The predicted molar refractivity (Wildman–Crippen MR) is 106 cm³/mol. The van der Waals surface area contributed by atoms with Crippen molar-refractivity contribution in [2.45, 2.75) is 24.0 Å². The summed E-state index contributed by atoms with van der Waals surface area (Å²) in [5.74, 6) is 3.33. The molecule has 134 valence electrons. The molecule has 7 heteroatoms. The van der Waals surface area contributed by atoms with E-state index in [4.69, 9.17) is 4.74 Å². The Bertz CT molecular complexity index is 524. The van der Waals surface area contributed by atoms with Gasteiger partial charge in [0.05, 0.1) is 4.58 Å². The molecule has 2 heterocycles. The average molecular weight is 389 g/mol. The zero-order valence-electron chi connectivity index (χ0n) is 13.9.